The number of carboxylic acid groups (broad SMARTS) is 1. The van der Waals surface area contributed by atoms with Gasteiger partial charge < -0.3 is 24.7 Å². The van der Waals surface area contributed by atoms with Crippen LogP contribution in [0.5, 0.6) is 5.75 Å². The molecule has 0 aliphatic carbocycles. The Morgan fingerprint density at radius 3 is 2.22 bits per heavy atom. The third-order valence-electron chi connectivity index (χ3n) is 3.59. The van der Waals surface area contributed by atoms with Crippen LogP contribution in [0.2, 0.25) is 0 Å². The molecule has 2 rings (SSSR count). The number of rotatable bonds is 7. The Morgan fingerprint density at radius 1 is 1.04 bits per heavy atom. The van der Waals surface area contributed by atoms with E-state index in [4.69, 9.17) is 9.47 Å². The van der Waals surface area contributed by atoms with Crippen molar-refractivity contribution in [2.24, 2.45) is 0 Å². The summed E-state index contributed by atoms with van der Waals surface area (Å²) in [6, 6.07) is 15.9. The first-order valence-corrected chi connectivity index (χ1v) is 8.69. The molecule has 1 atom stereocenters. The van der Waals surface area contributed by atoms with Crippen LogP contribution in [0.3, 0.4) is 0 Å². The largest absolute Gasteiger partial charge is 0.550 e. The molecule has 144 valence electrons. The lowest BCUT2D eigenvalue weighted by atomic mass is 10.0. The number of ether oxygens (including phenoxy) is 2. The fraction of sp³-hybridized carbons (Fsp3) is 0.333. The van der Waals surface area contributed by atoms with E-state index < -0.39 is 23.7 Å². The number of carbonyl (C=O) groups excluding carboxylic acids is 2. The lowest BCUT2D eigenvalue weighted by Gasteiger charge is -2.24. The zero-order valence-corrected chi connectivity index (χ0v) is 15.7. The van der Waals surface area contributed by atoms with Crippen molar-refractivity contribution in [2.45, 2.75) is 45.4 Å². The fourth-order valence-electron chi connectivity index (χ4n) is 2.41. The van der Waals surface area contributed by atoms with Crippen molar-refractivity contribution < 1.29 is 24.2 Å². The second-order valence-corrected chi connectivity index (χ2v) is 7.12. The van der Waals surface area contributed by atoms with E-state index in [1.807, 2.05) is 30.3 Å². The molecule has 0 spiro atoms. The van der Waals surface area contributed by atoms with Gasteiger partial charge in [0.25, 0.3) is 0 Å². The van der Waals surface area contributed by atoms with Crippen LogP contribution in [0.1, 0.15) is 44.4 Å². The highest BCUT2D eigenvalue weighted by atomic mass is 16.6. The molecule has 27 heavy (non-hydrogen) atoms. The van der Waals surface area contributed by atoms with Gasteiger partial charge in [-0.3, -0.25) is 0 Å². The molecule has 2 aromatic rings. The van der Waals surface area contributed by atoms with Gasteiger partial charge in [-0.2, -0.15) is 0 Å². The minimum atomic E-state index is -1.26. The highest BCUT2D eigenvalue weighted by Crippen LogP contribution is 2.22. The van der Waals surface area contributed by atoms with Gasteiger partial charge in [-0.1, -0.05) is 42.5 Å². The maximum atomic E-state index is 12.0. The Hall–Kier alpha value is -3.02. The molecule has 0 aliphatic heterocycles. The number of hydrogen-bond acceptors (Lipinski definition) is 5. The maximum Gasteiger partial charge on any atom is 0.408 e. The minimum absolute atomic E-state index is 0.358. The molecule has 0 unspecified atom stereocenters. The Labute approximate surface area is 159 Å². The number of carbonyl (C=O) groups is 2. The predicted molar refractivity (Wildman–Crippen MR) is 99.0 cm³/mol. The van der Waals surface area contributed by atoms with Crippen molar-refractivity contribution in [1.29, 1.82) is 0 Å². The molecule has 2 aromatic carbocycles. The number of benzene rings is 2. The molecule has 0 aromatic heterocycles. The van der Waals surface area contributed by atoms with Crippen LogP contribution < -0.4 is 15.2 Å². The lowest BCUT2D eigenvalue weighted by molar-refractivity contribution is -0.306. The summed E-state index contributed by atoms with van der Waals surface area (Å²) in [7, 11) is 0. The fourth-order valence-corrected chi connectivity index (χ4v) is 2.41. The first kappa shape index (κ1) is 20.3. The van der Waals surface area contributed by atoms with E-state index in [9.17, 15) is 14.7 Å². The summed E-state index contributed by atoms with van der Waals surface area (Å²) < 4.78 is 10.9. The van der Waals surface area contributed by atoms with Gasteiger partial charge in [0.15, 0.2) is 0 Å². The highest BCUT2D eigenvalue weighted by Gasteiger charge is 2.20. The third kappa shape index (κ3) is 7.40. The number of alkyl carbamates (subject to hydrolysis) is 1. The molecular formula is C21H24NO5-. The Morgan fingerprint density at radius 2 is 1.67 bits per heavy atom. The number of hydrogen-bond donors (Lipinski definition) is 1. The van der Waals surface area contributed by atoms with Gasteiger partial charge in [0, 0.05) is 12.4 Å². The van der Waals surface area contributed by atoms with Crippen molar-refractivity contribution in [1.82, 2.24) is 5.32 Å². The van der Waals surface area contributed by atoms with Crippen molar-refractivity contribution in [3.63, 3.8) is 0 Å². The normalized spacial score (nSPS) is 12.1. The van der Waals surface area contributed by atoms with Crippen LogP contribution in [0.15, 0.2) is 54.6 Å². The zero-order valence-electron chi connectivity index (χ0n) is 15.7. The van der Waals surface area contributed by atoms with E-state index in [1.165, 1.54) is 0 Å². The summed E-state index contributed by atoms with van der Waals surface area (Å²) in [5, 5.41) is 13.6. The van der Waals surface area contributed by atoms with Gasteiger partial charge in [0.2, 0.25) is 0 Å². The van der Waals surface area contributed by atoms with Gasteiger partial charge in [0.05, 0.1) is 6.04 Å². The Kier molecular flexibility index (Phi) is 6.82. The predicted octanol–water partition coefficient (Wildman–Crippen LogP) is 2.97. The first-order valence-electron chi connectivity index (χ1n) is 8.69. The highest BCUT2D eigenvalue weighted by molar-refractivity contribution is 5.71. The SMILES string of the molecule is CC(C)(C)OC(=O)N[C@@H](CC(=O)[O-])c1ccc(OCc2ccccc2)cc1. The topological polar surface area (TPSA) is 87.7 Å². The molecule has 0 saturated carbocycles. The van der Waals surface area contributed by atoms with Gasteiger partial charge in [-0.15, -0.1) is 0 Å². The number of nitrogens with one attached hydrogen (secondary N) is 1. The van der Waals surface area contributed by atoms with Crippen LogP contribution >= 0.6 is 0 Å². The van der Waals surface area contributed by atoms with E-state index in [-0.39, 0.29) is 6.42 Å². The molecule has 1 N–H and O–H groups in total. The standard InChI is InChI=1S/C21H25NO5/c1-21(2,3)27-20(25)22-18(13-19(23)24)16-9-11-17(12-10-16)26-14-15-7-5-4-6-8-15/h4-12,18H,13-14H2,1-3H3,(H,22,25)(H,23,24)/p-1/t18-/m0/s1. The van der Waals surface area contributed by atoms with E-state index >= 15 is 0 Å². The van der Waals surface area contributed by atoms with E-state index in [0.717, 1.165) is 5.56 Å². The third-order valence-corrected chi connectivity index (χ3v) is 3.59. The molecule has 0 radical (unpaired) electrons. The number of amides is 1. The molecule has 6 nitrogen and oxygen atoms in total. The van der Waals surface area contributed by atoms with Crippen molar-refractivity contribution in [2.75, 3.05) is 0 Å². The van der Waals surface area contributed by atoms with Crippen LogP contribution in [0.4, 0.5) is 4.79 Å². The summed E-state index contributed by atoms with van der Waals surface area (Å²) in [5.41, 5.74) is 0.991. The number of carboxylic acids is 1. The van der Waals surface area contributed by atoms with Gasteiger partial charge in [0.1, 0.15) is 18.0 Å². The molecule has 0 saturated heterocycles. The molecule has 0 heterocycles. The summed E-state index contributed by atoms with van der Waals surface area (Å²) in [4.78, 5) is 23.0. The summed E-state index contributed by atoms with van der Waals surface area (Å²) in [6.45, 7) is 5.64. The monoisotopic (exact) mass is 370 g/mol. The molecule has 0 aliphatic rings. The quantitative estimate of drug-likeness (QED) is 0.809. The summed E-state index contributed by atoms with van der Waals surface area (Å²) in [5.74, 6) is -0.618. The van der Waals surface area contributed by atoms with Crippen molar-refractivity contribution in [3.05, 3.63) is 65.7 Å². The summed E-state index contributed by atoms with van der Waals surface area (Å²) >= 11 is 0. The van der Waals surface area contributed by atoms with Crippen molar-refractivity contribution >= 4 is 12.1 Å². The Bertz CT molecular complexity index is 750. The van der Waals surface area contributed by atoms with Crippen molar-refractivity contribution in [3.8, 4) is 5.75 Å². The average molecular weight is 370 g/mol. The Balaban J connectivity index is 2.02. The first-order chi connectivity index (χ1) is 12.7. The minimum Gasteiger partial charge on any atom is -0.550 e. The van der Waals surface area contributed by atoms with Gasteiger partial charge >= 0.3 is 6.09 Å². The second-order valence-electron chi connectivity index (χ2n) is 7.12. The van der Waals surface area contributed by atoms with Crippen LogP contribution in [0, 0.1) is 0 Å². The maximum absolute atomic E-state index is 12.0. The van der Waals surface area contributed by atoms with Crippen LogP contribution in [0.25, 0.3) is 0 Å². The molecule has 6 heteroatoms. The molecule has 0 fully saturated rings. The van der Waals surface area contributed by atoms with Crippen LogP contribution in [-0.4, -0.2) is 17.7 Å². The molecule has 0 bridgehead atoms. The van der Waals surface area contributed by atoms with Gasteiger partial charge in [-0.05, 0) is 44.0 Å². The summed E-state index contributed by atoms with van der Waals surface area (Å²) in [6.07, 6.45) is -1.04. The molecular weight excluding hydrogens is 346 g/mol. The number of aliphatic carboxylic acids is 1. The smallest absolute Gasteiger partial charge is 0.408 e. The van der Waals surface area contributed by atoms with E-state index in [1.54, 1.807) is 45.0 Å². The second kappa shape index (κ2) is 9.07. The van der Waals surface area contributed by atoms with Crippen LogP contribution in [-0.2, 0) is 16.1 Å². The zero-order chi connectivity index (χ0) is 19.9. The van der Waals surface area contributed by atoms with Gasteiger partial charge in [-0.25, -0.2) is 4.79 Å². The lowest BCUT2D eigenvalue weighted by Crippen LogP contribution is -2.37. The van der Waals surface area contributed by atoms with E-state index in [0.29, 0.717) is 17.9 Å². The molecule has 1 amide bonds. The average Bonchev–Trinajstić information content (AvgIpc) is 2.59. The van der Waals surface area contributed by atoms with E-state index in [2.05, 4.69) is 5.32 Å².